The van der Waals surface area contributed by atoms with E-state index in [-0.39, 0.29) is 5.91 Å². The van der Waals surface area contributed by atoms with Gasteiger partial charge in [-0.2, -0.15) is 0 Å². The van der Waals surface area contributed by atoms with Crippen molar-refractivity contribution < 1.29 is 4.79 Å². The molecule has 2 aromatic rings. The van der Waals surface area contributed by atoms with Crippen molar-refractivity contribution in [2.45, 2.75) is 39.5 Å². The predicted octanol–water partition coefficient (Wildman–Crippen LogP) is 3.40. The molecule has 1 aliphatic heterocycles. The molecule has 1 aromatic carbocycles. The van der Waals surface area contributed by atoms with Crippen LogP contribution in [0.2, 0.25) is 0 Å². The minimum atomic E-state index is 0.0364. The van der Waals surface area contributed by atoms with Crippen molar-refractivity contribution in [1.29, 1.82) is 0 Å². The fraction of sp³-hybridized carbons (Fsp3) is 0.353. The van der Waals surface area contributed by atoms with Gasteiger partial charge in [-0.3, -0.25) is 9.69 Å². The summed E-state index contributed by atoms with van der Waals surface area (Å²) in [6.45, 7) is 6.95. The van der Waals surface area contributed by atoms with Crippen molar-refractivity contribution in [2.24, 2.45) is 0 Å². The maximum atomic E-state index is 12.2. The molecule has 0 fully saturated rings. The fourth-order valence-corrected chi connectivity index (χ4v) is 3.65. The molecule has 3 rings (SSSR count). The van der Waals surface area contributed by atoms with Gasteiger partial charge in [0.2, 0.25) is 0 Å². The molecule has 1 aromatic heterocycles. The van der Waals surface area contributed by atoms with E-state index in [4.69, 9.17) is 0 Å². The maximum Gasteiger partial charge on any atom is 0.261 e. The van der Waals surface area contributed by atoms with Gasteiger partial charge in [-0.15, -0.1) is 11.3 Å². The molecule has 0 aliphatic carbocycles. The number of hydrogen-bond donors (Lipinski definition) is 1. The minimum absolute atomic E-state index is 0.0364. The average molecular weight is 300 g/mol. The first kappa shape index (κ1) is 14.3. The van der Waals surface area contributed by atoms with Crippen molar-refractivity contribution in [3.8, 4) is 0 Å². The van der Waals surface area contributed by atoms with E-state index in [1.54, 1.807) is 11.3 Å². The Morgan fingerprint density at radius 1 is 1.29 bits per heavy atom. The fourth-order valence-electron chi connectivity index (χ4n) is 2.54. The van der Waals surface area contributed by atoms with E-state index in [1.807, 2.05) is 30.3 Å². The molecular weight excluding hydrogens is 280 g/mol. The van der Waals surface area contributed by atoms with E-state index >= 15 is 0 Å². The number of nitrogens with one attached hydrogen (secondary N) is 1. The summed E-state index contributed by atoms with van der Waals surface area (Å²) in [4.78, 5) is 16.8. The molecule has 0 unspecified atom stereocenters. The molecule has 1 N–H and O–H groups in total. The summed E-state index contributed by atoms with van der Waals surface area (Å²) in [6.07, 6.45) is 0. The molecule has 4 heteroatoms. The van der Waals surface area contributed by atoms with Crippen LogP contribution in [0.15, 0.2) is 36.4 Å². The Morgan fingerprint density at radius 2 is 2.05 bits per heavy atom. The van der Waals surface area contributed by atoms with Crippen molar-refractivity contribution in [3.05, 3.63) is 57.3 Å². The zero-order chi connectivity index (χ0) is 14.8. The normalized spacial score (nSPS) is 14.4. The number of thiophene rings is 1. The summed E-state index contributed by atoms with van der Waals surface area (Å²) in [7, 11) is 0. The highest BCUT2D eigenvalue weighted by Crippen LogP contribution is 2.32. The Balaban J connectivity index is 1.61. The van der Waals surface area contributed by atoms with Crippen molar-refractivity contribution in [1.82, 2.24) is 10.2 Å². The van der Waals surface area contributed by atoms with Gasteiger partial charge < -0.3 is 5.32 Å². The number of benzene rings is 1. The molecule has 0 radical (unpaired) electrons. The maximum absolute atomic E-state index is 12.2. The van der Waals surface area contributed by atoms with E-state index in [2.05, 4.69) is 30.1 Å². The molecule has 21 heavy (non-hydrogen) atoms. The predicted molar refractivity (Wildman–Crippen MR) is 86.3 cm³/mol. The van der Waals surface area contributed by atoms with Gasteiger partial charge in [0.1, 0.15) is 0 Å². The molecule has 3 nitrogen and oxygen atoms in total. The SMILES string of the molecule is CC(C)N1Cc2cc(C(=O)NCc3ccccc3)sc2C1. The Morgan fingerprint density at radius 3 is 2.71 bits per heavy atom. The number of rotatable bonds is 4. The van der Waals surface area contributed by atoms with Crippen molar-refractivity contribution in [3.63, 3.8) is 0 Å². The number of fused-ring (bicyclic) bond motifs is 1. The first-order valence-corrected chi connectivity index (χ1v) is 8.13. The van der Waals surface area contributed by atoms with Crippen LogP contribution in [0.5, 0.6) is 0 Å². The molecular formula is C17H20N2OS. The van der Waals surface area contributed by atoms with Gasteiger partial charge >= 0.3 is 0 Å². The van der Waals surface area contributed by atoms with Crippen molar-refractivity contribution in [2.75, 3.05) is 0 Å². The molecule has 0 atom stereocenters. The zero-order valence-electron chi connectivity index (χ0n) is 12.4. The van der Waals surface area contributed by atoms with Crippen LogP contribution in [-0.4, -0.2) is 16.8 Å². The van der Waals surface area contributed by atoms with Gasteiger partial charge in [-0.25, -0.2) is 0 Å². The third-order valence-corrected chi connectivity index (χ3v) is 5.03. The molecule has 0 saturated heterocycles. The Hall–Kier alpha value is -1.65. The number of carbonyl (C=O) groups is 1. The van der Waals surface area contributed by atoms with Crippen LogP contribution in [-0.2, 0) is 19.6 Å². The number of nitrogens with zero attached hydrogens (tertiary/aromatic N) is 1. The Kier molecular flexibility index (Phi) is 4.08. The summed E-state index contributed by atoms with van der Waals surface area (Å²) >= 11 is 1.63. The van der Waals surface area contributed by atoms with Gasteiger partial charge in [-0.1, -0.05) is 30.3 Å². The third-order valence-electron chi connectivity index (χ3n) is 3.87. The number of carbonyl (C=O) groups excluding carboxylic acids is 1. The highest BCUT2D eigenvalue weighted by Gasteiger charge is 2.25. The van der Waals surface area contributed by atoms with Crippen molar-refractivity contribution >= 4 is 17.2 Å². The molecule has 2 heterocycles. The second kappa shape index (κ2) is 6.00. The summed E-state index contributed by atoms with van der Waals surface area (Å²) in [5, 5.41) is 3.00. The smallest absolute Gasteiger partial charge is 0.261 e. The molecule has 1 amide bonds. The third kappa shape index (κ3) is 3.17. The largest absolute Gasteiger partial charge is 0.347 e. The lowest BCUT2D eigenvalue weighted by Gasteiger charge is -2.19. The van der Waals surface area contributed by atoms with Gasteiger partial charge in [0.15, 0.2) is 0 Å². The van der Waals surface area contributed by atoms with Crippen LogP contribution in [0.3, 0.4) is 0 Å². The van der Waals surface area contributed by atoms with Gasteiger partial charge in [0.05, 0.1) is 4.88 Å². The monoisotopic (exact) mass is 300 g/mol. The Bertz CT molecular complexity index is 610. The quantitative estimate of drug-likeness (QED) is 0.938. The van der Waals surface area contributed by atoms with E-state index in [0.29, 0.717) is 12.6 Å². The molecule has 110 valence electrons. The highest BCUT2D eigenvalue weighted by atomic mass is 32.1. The average Bonchev–Trinajstić information content (AvgIpc) is 3.04. The van der Waals surface area contributed by atoms with Gasteiger partial charge in [-0.05, 0) is 31.0 Å². The highest BCUT2D eigenvalue weighted by molar-refractivity contribution is 7.14. The second-order valence-corrected chi connectivity index (χ2v) is 6.86. The van der Waals surface area contributed by atoms with Crippen LogP contribution >= 0.6 is 11.3 Å². The van der Waals surface area contributed by atoms with Crippen LogP contribution < -0.4 is 5.32 Å². The lowest BCUT2D eigenvalue weighted by atomic mass is 10.2. The summed E-state index contributed by atoms with van der Waals surface area (Å²) in [5.74, 6) is 0.0364. The first-order chi connectivity index (χ1) is 10.1. The van der Waals surface area contributed by atoms with Crippen LogP contribution in [0.4, 0.5) is 0 Å². The molecule has 0 bridgehead atoms. The van der Waals surface area contributed by atoms with E-state index in [0.717, 1.165) is 23.5 Å². The lowest BCUT2D eigenvalue weighted by Crippen LogP contribution is -2.25. The zero-order valence-corrected chi connectivity index (χ0v) is 13.2. The molecule has 1 aliphatic rings. The second-order valence-electron chi connectivity index (χ2n) is 5.73. The standard InChI is InChI=1S/C17H20N2OS/c1-12(2)19-10-14-8-15(21-16(14)11-19)17(20)18-9-13-6-4-3-5-7-13/h3-8,12H,9-11H2,1-2H3,(H,18,20). The van der Waals surface area contributed by atoms with Crippen LogP contribution in [0.1, 0.15) is 39.5 Å². The summed E-state index contributed by atoms with van der Waals surface area (Å²) < 4.78 is 0. The van der Waals surface area contributed by atoms with E-state index < -0.39 is 0 Å². The minimum Gasteiger partial charge on any atom is -0.347 e. The van der Waals surface area contributed by atoms with Crippen LogP contribution in [0, 0.1) is 0 Å². The molecule has 0 spiro atoms. The van der Waals surface area contributed by atoms with Crippen LogP contribution in [0.25, 0.3) is 0 Å². The molecule has 0 saturated carbocycles. The Labute approximate surface area is 129 Å². The lowest BCUT2D eigenvalue weighted by molar-refractivity contribution is 0.0955. The summed E-state index contributed by atoms with van der Waals surface area (Å²) in [5.41, 5.74) is 2.44. The first-order valence-electron chi connectivity index (χ1n) is 7.31. The topological polar surface area (TPSA) is 32.3 Å². The van der Waals surface area contributed by atoms with Gasteiger partial charge in [0.25, 0.3) is 5.91 Å². The summed E-state index contributed by atoms with van der Waals surface area (Å²) in [6, 6.07) is 12.6. The number of amides is 1. The van der Waals surface area contributed by atoms with E-state index in [1.165, 1.54) is 10.4 Å². The van der Waals surface area contributed by atoms with Gasteiger partial charge in [0, 0.05) is 30.6 Å². The number of hydrogen-bond acceptors (Lipinski definition) is 3. The van der Waals surface area contributed by atoms with E-state index in [9.17, 15) is 4.79 Å².